The van der Waals surface area contributed by atoms with Crippen molar-refractivity contribution in [2.45, 2.75) is 0 Å². The Balaban J connectivity index is 1.69. The van der Waals surface area contributed by atoms with Gasteiger partial charge in [-0.3, -0.25) is 9.59 Å². The number of nitrogens with one attached hydrogen (secondary N) is 2. The molecule has 0 fully saturated rings. The van der Waals surface area contributed by atoms with Crippen LogP contribution in [0.3, 0.4) is 0 Å². The lowest BCUT2D eigenvalue weighted by Crippen LogP contribution is -2.19. The lowest BCUT2D eigenvalue weighted by atomic mass is 10.1. The van der Waals surface area contributed by atoms with E-state index in [1.807, 2.05) is 18.2 Å². The normalized spacial score (nSPS) is 10.1. The molecule has 0 saturated carbocycles. The van der Waals surface area contributed by atoms with Gasteiger partial charge in [-0.2, -0.15) is 0 Å². The number of carbonyl (C=O) groups is 2. The van der Waals surface area contributed by atoms with E-state index in [-0.39, 0.29) is 11.8 Å². The van der Waals surface area contributed by atoms with Crippen LogP contribution in [0.5, 0.6) is 11.5 Å². The molecule has 0 spiro atoms. The van der Waals surface area contributed by atoms with E-state index in [1.165, 1.54) is 7.05 Å². The first-order valence-corrected chi connectivity index (χ1v) is 8.33. The third kappa shape index (κ3) is 4.43. The average Bonchev–Trinajstić information content (AvgIpc) is 2.71. The van der Waals surface area contributed by atoms with Gasteiger partial charge in [0.05, 0.1) is 5.56 Å². The Hall–Kier alpha value is -3.80. The largest absolute Gasteiger partial charge is 0.457 e. The summed E-state index contributed by atoms with van der Waals surface area (Å²) in [5, 5.41) is 5.36. The zero-order valence-corrected chi connectivity index (χ0v) is 14.7. The molecule has 3 aromatic rings. The van der Waals surface area contributed by atoms with E-state index >= 15 is 0 Å². The highest BCUT2D eigenvalue weighted by atomic mass is 16.5. The summed E-state index contributed by atoms with van der Waals surface area (Å²) in [6, 6.07) is 20.8. The van der Waals surface area contributed by atoms with Gasteiger partial charge in [0.2, 0.25) is 0 Å². The maximum Gasteiger partial charge on any atom is 0.255 e. The molecule has 0 aliphatic carbocycles. The van der Waals surface area contributed by atoms with Crippen molar-refractivity contribution in [3.8, 4) is 11.5 Å². The van der Waals surface area contributed by atoms with Gasteiger partial charge in [-0.05, 0) is 54.6 Å². The fourth-order valence-corrected chi connectivity index (χ4v) is 2.47. The van der Waals surface area contributed by atoms with Gasteiger partial charge >= 0.3 is 0 Å². The summed E-state index contributed by atoms with van der Waals surface area (Å²) in [6.07, 6.45) is 0. The van der Waals surface area contributed by atoms with E-state index in [0.717, 1.165) is 0 Å². The molecule has 0 aliphatic heterocycles. The van der Waals surface area contributed by atoms with Crippen LogP contribution in [0.4, 0.5) is 11.4 Å². The minimum Gasteiger partial charge on any atom is -0.457 e. The number of ether oxygens (including phenoxy) is 1. The van der Waals surface area contributed by atoms with Crippen molar-refractivity contribution >= 4 is 23.2 Å². The second-order valence-electron chi connectivity index (χ2n) is 5.77. The van der Waals surface area contributed by atoms with Gasteiger partial charge in [-0.15, -0.1) is 0 Å². The first kappa shape index (κ1) is 18.0. The number of benzene rings is 3. The zero-order valence-electron chi connectivity index (χ0n) is 14.7. The highest BCUT2D eigenvalue weighted by Gasteiger charge is 2.10. The predicted molar refractivity (Wildman–Crippen MR) is 105 cm³/mol. The van der Waals surface area contributed by atoms with Crippen LogP contribution in [0.1, 0.15) is 20.7 Å². The quantitative estimate of drug-likeness (QED) is 0.605. The van der Waals surface area contributed by atoms with Crippen LogP contribution >= 0.6 is 0 Å². The highest BCUT2D eigenvalue weighted by molar-refractivity contribution is 6.04. The molecule has 0 heterocycles. The van der Waals surface area contributed by atoms with Crippen molar-refractivity contribution in [2.75, 3.05) is 18.1 Å². The van der Waals surface area contributed by atoms with E-state index in [9.17, 15) is 9.59 Å². The summed E-state index contributed by atoms with van der Waals surface area (Å²) in [5.74, 6) is 0.596. The number of amides is 2. The van der Waals surface area contributed by atoms with E-state index < -0.39 is 0 Å². The molecule has 136 valence electrons. The Morgan fingerprint density at radius 3 is 2.19 bits per heavy atom. The fraction of sp³-hybridized carbons (Fsp3) is 0.0476. The maximum absolute atomic E-state index is 12.2. The van der Waals surface area contributed by atoms with Gasteiger partial charge < -0.3 is 21.1 Å². The Morgan fingerprint density at radius 1 is 0.852 bits per heavy atom. The Morgan fingerprint density at radius 2 is 1.52 bits per heavy atom. The van der Waals surface area contributed by atoms with Crippen molar-refractivity contribution in [3.05, 3.63) is 83.9 Å². The van der Waals surface area contributed by atoms with E-state index in [0.29, 0.717) is 34.0 Å². The topological polar surface area (TPSA) is 93.5 Å². The Labute approximate surface area is 157 Å². The number of rotatable bonds is 5. The molecule has 6 nitrogen and oxygen atoms in total. The molecule has 0 aromatic heterocycles. The van der Waals surface area contributed by atoms with Gasteiger partial charge in [-0.1, -0.05) is 18.2 Å². The lowest BCUT2D eigenvalue weighted by molar-refractivity contribution is 0.0962. The van der Waals surface area contributed by atoms with Crippen LogP contribution in [0.25, 0.3) is 0 Å². The second-order valence-corrected chi connectivity index (χ2v) is 5.77. The molecule has 27 heavy (non-hydrogen) atoms. The molecule has 0 aliphatic rings. The molecular weight excluding hydrogens is 342 g/mol. The number of carbonyl (C=O) groups excluding carboxylic acids is 2. The van der Waals surface area contributed by atoms with Crippen LogP contribution in [0.2, 0.25) is 0 Å². The van der Waals surface area contributed by atoms with Crippen molar-refractivity contribution in [1.29, 1.82) is 0 Å². The molecule has 0 saturated heterocycles. The first-order chi connectivity index (χ1) is 13.1. The summed E-state index contributed by atoms with van der Waals surface area (Å²) in [4.78, 5) is 24.0. The molecule has 0 radical (unpaired) electrons. The summed E-state index contributed by atoms with van der Waals surface area (Å²) >= 11 is 0. The monoisotopic (exact) mass is 361 g/mol. The van der Waals surface area contributed by atoms with E-state index in [2.05, 4.69) is 10.6 Å². The minimum absolute atomic E-state index is 0.182. The number of nitrogens with two attached hydrogens (primary N) is 1. The van der Waals surface area contributed by atoms with Crippen molar-refractivity contribution < 1.29 is 14.3 Å². The van der Waals surface area contributed by atoms with Crippen molar-refractivity contribution in [1.82, 2.24) is 5.32 Å². The molecule has 3 aromatic carbocycles. The molecular formula is C21H19N3O3. The van der Waals surface area contributed by atoms with Gasteiger partial charge in [0.15, 0.2) is 0 Å². The summed E-state index contributed by atoms with van der Waals surface area (Å²) in [7, 11) is 1.54. The molecule has 3 rings (SSSR count). The molecule has 0 atom stereocenters. The Kier molecular flexibility index (Phi) is 5.37. The maximum atomic E-state index is 12.2. The van der Waals surface area contributed by atoms with Crippen LogP contribution in [0, 0.1) is 0 Å². The van der Waals surface area contributed by atoms with Crippen molar-refractivity contribution in [3.63, 3.8) is 0 Å². The highest BCUT2D eigenvalue weighted by Crippen LogP contribution is 2.26. The Bertz CT molecular complexity index is 954. The fourth-order valence-electron chi connectivity index (χ4n) is 2.47. The smallest absolute Gasteiger partial charge is 0.255 e. The standard InChI is InChI=1S/C21H19N3O3/c1-23-21(26)18-13-17(11-12-19(18)22)27-16-9-7-15(8-10-16)24-20(25)14-5-3-2-4-6-14/h2-13H,22H2,1H3,(H,23,26)(H,24,25). The van der Waals surface area contributed by atoms with Crippen LogP contribution < -0.4 is 21.1 Å². The third-order valence-electron chi connectivity index (χ3n) is 3.88. The average molecular weight is 361 g/mol. The lowest BCUT2D eigenvalue weighted by Gasteiger charge is -2.10. The SMILES string of the molecule is CNC(=O)c1cc(Oc2ccc(NC(=O)c3ccccc3)cc2)ccc1N. The van der Waals surface area contributed by atoms with Gasteiger partial charge in [-0.25, -0.2) is 0 Å². The number of anilines is 2. The third-order valence-corrected chi connectivity index (χ3v) is 3.88. The number of hydrogen-bond acceptors (Lipinski definition) is 4. The van der Waals surface area contributed by atoms with Gasteiger partial charge in [0, 0.05) is 24.0 Å². The van der Waals surface area contributed by atoms with Crippen LogP contribution in [0.15, 0.2) is 72.8 Å². The predicted octanol–water partition coefficient (Wildman–Crippen LogP) is 3.67. The second kappa shape index (κ2) is 8.05. The summed E-state index contributed by atoms with van der Waals surface area (Å²) in [6.45, 7) is 0. The molecule has 2 amide bonds. The number of hydrogen-bond donors (Lipinski definition) is 3. The van der Waals surface area contributed by atoms with E-state index in [1.54, 1.807) is 54.6 Å². The molecule has 0 unspecified atom stereocenters. The molecule has 6 heteroatoms. The van der Waals surface area contributed by atoms with E-state index in [4.69, 9.17) is 10.5 Å². The minimum atomic E-state index is -0.281. The van der Waals surface area contributed by atoms with Gasteiger partial charge in [0.25, 0.3) is 11.8 Å². The summed E-state index contributed by atoms with van der Waals surface area (Å²) in [5.41, 5.74) is 7.78. The molecule has 0 bridgehead atoms. The molecule has 4 N–H and O–H groups in total. The zero-order chi connectivity index (χ0) is 19.2. The van der Waals surface area contributed by atoms with Crippen LogP contribution in [-0.4, -0.2) is 18.9 Å². The van der Waals surface area contributed by atoms with Gasteiger partial charge in [0.1, 0.15) is 11.5 Å². The number of nitrogen functional groups attached to an aromatic ring is 1. The van der Waals surface area contributed by atoms with Crippen LogP contribution in [-0.2, 0) is 0 Å². The first-order valence-electron chi connectivity index (χ1n) is 8.33. The van der Waals surface area contributed by atoms with Crippen molar-refractivity contribution in [2.24, 2.45) is 0 Å². The summed E-state index contributed by atoms with van der Waals surface area (Å²) < 4.78 is 5.77.